The number of methoxy groups -OCH3 is 1. The van der Waals surface area contributed by atoms with E-state index in [1.807, 2.05) is 0 Å². The van der Waals surface area contributed by atoms with Crippen LogP contribution in [0.3, 0.4) is 0 Å². The summed E-state index contributed by atoms with van der Waals surface area (Å²) >= 11 is 0. The summed E-state index contributed by atoms with van der Waals surface area (Å²) in [6.45, 7) is 5.53. The lowest BCUT2D eigenvalue weighted by atomic mass is 9.93. The largest absolute Gasteiger partial charge is 0.383 e. The van der Waals surface area contributed by atoms with Crippen LogP contribution < -0.4 is 0 Å². The lowest BCUT2D eigenvalue weighted by Crippen LogP contribution is -2.56. The Balaban J connectivity index is 1.76. The van der Waals surface area contributed by atoms with E-state index in [4.69, 9.17) is 4.74 Å². The molecule has 2 saturated heterocycles. The van der Waals surface area contributed by atoms with Gasteiger partial charge in [-0.25, -0.2) is 0 Å². The molecule has 3 heteroatoms. The Hall–Kier alpha value is -0.900. The van der Waals surface area contributed by atoms with Gasteiger partial charge in [0.2, 0.25) is 0 Å². The predicted octanol–water partition coefficient (Wildman–Crippen LogP) is 2.54. The van der Waals surface area contributed by atoms with Gasteiger partial charge in [-0.2, -0.15) is 0 Å². The van der Waals surface area contributed by atoms with Crippen LogP contribution in [-0.4, -0.2) is 55.7 Å². The molecule has 3 nitrogen and oxygen atoms in total. The molecule has 0 N–H and O–H groups in total. The van der Waals surface area contributed by atoms with Gasteiger partial charge in [-0.15, -0.1) is 0 Å². The van der Waals surface area contributed by atoms with Crippen molar-refractivity contribution in [2.75, 3.05) is 39.9 Å². The van der Waals surface area contributed by atoms with Gasteiger partial charge >= 0.3 is 0 Å². The number of rotatable bonds is 4. The number of fused-ring (bicyclic) bond motifs is 1. The van der Waals surface area contributed by atoms with Crippen LogP contribution in [0.15, 0.2) is 30.3 Å². The standard InChI is InChI=1S/C17H26N2O/c1-20-12-11-19-13-16-9-5-6-10-18(16)14-17(19)15-7-3-2-4-8-15/h2-4,7-8,16-17H,5-6,9-14H2,1H3. The van der Waals surface area contributed by atoms with Crippen LogP contribution in [0.25, 0.3) is 0 Å². The molecule has 1 aromatic carbocycles. The molecule has 1 aromatic rings. The van der Waals surface area contributed by atoms with Gasteiger partial charge in [0.05, 0.1) is 6.61 Å². The number of piperazine rings is 1. The fraction of sp³-hybridized carbons (Fsp3) is 0.647. The number of hydrogen-bond acceptors (Lipinski definition) is 3. The molecule has 0 amide bonds. The normalized spacial score (nSPS) is 28.2. The molecule has 110 valence electrons. The maximum Gasteiger partial charge on any atom is 0.0589 e. The summed E-state index contributed by atoms with van der Waals surface area (Å²) in [7, 11) is 1.80. The zero-order valence-electron chi connectivity index (χ0n) is 12.5. The molecule has 2 heterocycles. The highest BCUT2D eigenvalue weighted by Crippen LogP contribution is 2.31. The van der Waals surface area contributed by atoms with Gasteiger partial charge in [0.15, 0.2) is 0 Å². The average molecular weight is 274 g/mol. The van der Waals surface area contributed by atoms with E-state index >= 15 is 0 Å². The Labute approximate surface area is 122 Å². The van der Waals surface area contributed by atoms with Gasteiger partial charge in [0.1, 0.15) is 0 Å². The van der Waals surface area contributed by atoms with Crippen LogP contribution in [0, 0.1) is 0 Å². The number of ether oxygens (including phenoxy) is 1. The Morgan fingerprint density at radius 1 is 1.15 bits per heavy atom. The minimum Gasteiger partial charge on any atom is -0.383 e. The van der Waals surface area contributed by atoms with Crippen LogP contribution in [0.4, 0.5) is 0 Å². The van der Waals surface area contributed by atoms with Crippen LogP contribution in [0.5, 0.6) is 0 Å². The number of benzene rings is 1. The fourth-order valence-corrected chi connectivity index (χ4v) is 3.69. The summed E-state index contributed by atoms with van der Waals surface area (Å²) in [5.74, 6) is 0. The second-order valence-electron chi connectivity index (χ2n) is 6.06. The molecule has 0 spiro atoms. The highest BCUT2D eigenvalue weighted by molar-refractivity contribution is 5.20. The molecule has 0 radical (unpaired) electrons. The molecule has 2 fully saturated rings. The van der Waals surface area contributed by atoms with Crippen LogP contribution in [0.2, 0.25) is 0 Å². The molecular weight excluding hydrogens is 248 g/mol. The van der Waals surface area contributed by atoms with E-state index < -0.39 is 0 Å². The first-order valence-electron chi connectivity index (χ1n) is 7.90. The predicted molar refractivity (Wildman–Crippen MR) is 81.8 cm³/mol. The zero-order chi connectivity index (χ0) is 13.8. The highest BCUT2D eigenvalue weighted by Gasteiger charge is 2.35. The Morgan fingerprint density at radius 2 is 2.00 bits per heavy atom. The molecule has 2 aliphatic heterocycles. The van der Waals surface area contributed by atoms with Crippen LogP contribution in [0.1, 0.15) is 30.9 Å². The van der Waals surface area contributed by atoms with Crippen LogP contribution >= 0.6 is 0 Å². The first-order chi connectivity index (χ1) is 9.88. The summed E-state index contributed by atoms with van der Waals surface area (Å²) in [5.41, 5.74) is 1.45. The van der Waals surface area contributed by atoms with Crippen molar-refractivity contribution in [3.05, 3.63) is 35.9 Å². The maximum atomic E-state index is 5.31. The van der Waals surface area contributed by atoms with Crippen molar-refractivity contribution in [1.29, 1.82) is 0 Å². The van der Waals surface area contributed by atoms with Crippen molar-refractivity contribution in [2.24, 2.45) is 0 Å². The lowest BCUT2D eigenvalue weighted by Gasteiger charge is -2.48. The van der Waals surface area contributed by atoms with Gasteiger partial charge in [-0.1, -0.05) is 36.8 Å². The lowest BCUT2D eigenvalue weighted by molar-refractivity contribution is -0.00286. The number of nitrogens with zero attached hydrogens (tertiary/aromatic N) is 2. The van der Waals surface area contributed by atoms with E-state index in [0.717, 1.165) is 19.2 Å². The van der Waals surface area contributed by atoms with E-state index in [-0.39, 0.29) is 0 Å². The second kappa shape index (κ2) is 6.70. The third kappa shape index (κ3) is 3.05. The fourth-order valence-electron chi connectivity index (χ4n) is 3.69. The Kier molecular flexibility index (Phi) is 4.71. The van der Waals surface area contributed by atoms with Gasteiger partial charge < -0.3 is 4.74 Å². The minimum atomic E-state index is 0.528. The summed E-state index contributed by atoms with van der Waals surface area (Å²) in [4.78, 5) is 5.34. The topological polar surface area (TPSA) is 15.7 Å². The van der Waals surface area contributed by atoms with Gasteiger partial charge in [-0.3, -0.25) is 9.80 Å². The van der Waals surface area contributed by atoms with E-state index in [1.165, 1.54) is 44.5 Å². The zero-order valence-corrected chi connectivity index (χ0v) is 12.5. The Bertz CT molecular complexity index is 409. The first kappa shape index (κ1) is 14.1. The second-order valence-corrected chi connectivity index (χ2v) is 6.06. The molecule has 2 aliphatic rings. The first-order valence-corrected chi connectivity index (χ1v) is 7.90. The van der Waals surface area contributed by atoms with Crippen molar-refractivity contribution >= 4 is 0 Å². The van der Waals surface area contributed by atoms with Crippen molar-refractivity contribution in [3.8, 4) is 0 Å². The minimum absolute atomic E-state index is 0.528. The van der Waals surface area contributed by atoms with E-state index in [2.05, 4.69) is 40.1 Å². The smallest absolute Gasteiger partial charge is 0.0589 e. The molecule has 0 aliphatic carbocycles. The number of piperidine rings is 1. The quantitative estimate of drug-likeness (QED) is 0.839. The summed E-state index contributed by atoms with van der Waals surface area (Å²) in [6.07, 6.45) is 4.14. The van der Waals surface area contributed by atoms with Crippen molar-refractivity contribution < 1.29 is 4.74 Å². The molecule has 2 atom stereocenters. The Morgan fingerprint density at radius 3 is 2.80 bits per heavy atom. The van der Waals surface area contributed by atoms with Gasteiger partial charge in [0.25, 0.3) is 0 Å². The van der Waals surface area contributed by atoms with E-state index in [0.29, 0.717) is 6.04 Å². The van der Waals surface area contributed by atoms with Gasteiger partial charge in [0, 0.05) is 38.8 Å². The summed E-state index contributed by atoms with van der Waals surface area (Å²) < 4.78 is 5.31. The maximum absolute atomic E-state index is 5.31. The van der Waals surface area contributed by atoms with E-state index in [9.17, 15) is 0 Å². The average Bonchev–Trinajstić information content (AvgIpc) is 2.53. The third-order valence-corrected chi connectivity index (χ3v) is 4.81. The van der Waals surface area contributed by atoms with Crippen molar-refractivity contribution in [1.82, 2.24) is 9.80 Å². The number of hydrogen-bond donors (Lipinski definition) is 0. The van der Waals surface area contributed by atoms with Crippen molar-refractivity contribution in [2.45, 2.75) is 31.3 Å². The summed E-state index contributed by atoms with van der Waals surface area (Å²) in [6, 6.07) is 12.3. The highest BCUT2D eigenvalue weighted by atomic mass is 16.5. The molecular formula is C17H26N2O. The molecule has 0 saturated carbocycles. The monoisotopic (exact) mass is 274 g/mol. The molecule has 2 unspecified atom stereocenters. The van der Waals surface area contributed by atoms with Crippen molar-refractivity contribution in [3.63, 3.8) is 0 Å². The third-order valence-electron chi connectivity index (χ3n) is 4.81. The van der Waals surface area contributed by atoms with E-state index in [1.54, 1.807) is 7.11 Å². The SMILES string of the molecule is COCCN1CC2CCCCN2CC1c1ccccc1. The molecule has 0 aromatic heterocycles. The van der Waals surface area contributed by atoms with Gasteiger partial charge in [-0.05, 0) is 24.9 Å². The summed E-state index contributed by atoms with van der Waals surface area (Å²) in [5, 5.41) is 0. The van der Waals surface area contributed by atoms with Crippen LogP contribution in [-0.2, 0) is 4.74 Å². The molecule has 20 heavy (non-hydrogen) atoms. The molecule has 3 rings (SSSR count). The molecule has 0 bridgehead atoms.